The number of aryl methyl sites for hydroxylation is 1. The minimum absolute atomic E-state index is 0.111. The zero-order valence-corrected chi connectivity index (χ0v) is 13.4. The molecule has 2 rings (SSSR count). The standard InChI is InChI=1S/C17H20ClNS/c1-3-16(19)17(13-5-4-6-14(18)11-13)20-15-9-7-12(2)8-10-15/h4-11,16-17H,3,19H2,1-2H3. The van der Waals surface area contributed by atoms with E-state index in [0.29, 0.717) is 0 Å². The van der Waals surface area contributed by atoms with Gasteiger partial charge in [0, 0.05) is 21.2 Å². The molecule has 3 heteroatoms. The largest absolute Gasteiger partial charge is 0.326 e. The molecule has 0 heterocycles. The fourth-order valence-electron chi connectivity index (χ4n) is 2.06. The quantitative estimate of drug-likeness (QED) is 0.766. The molecule has 2 N–H and O–H groups in total. The van der Waals surface area contributed by atoms with Gasteiger partial charge in [0.2, 0.25) is 0 Å². The normalized spacial score (nSPS) is 14.0. The van der Waals surface area contributed by atoms with Crippen LogP contribution in [0, 0.1) is 6.92 Å². The number of benzene rings is 2. The lowest BCUT2D eigenvalue weighted by Crippen LogP contribution is -2.25. The molecule has 0 aliphatic rings. The minimum atomic E-state index is 0.111. The van der Waals surface area contributed by atoms with Crippen LogP contribution in [0.15, 0.2) is 53.4 Å². The van der Waals surface area contributed by atoms with Crippen LogP contribution in [0.2, 0.25) is 5.02 Å². The van der Waals surface area contributed by atoms with Crippen molar-refractivity contribution < 1.29 is 0 Å². The van der Waals surface area contributed by atoms with Gasteiger partial charge in [0.05, 0.1) is 0 Å². The molecule has 1 nitrogen and oxygen atoms in total. The van der Waals surface area contributed by atoms with Gasteiger partial charge in [-0.2, -0.15) is 0 Å². The Morgan fingerprint density at radius 1 is 1.15 bits per heavy atom. The van der Waals surface area contributed by atoms with E-state index in [-0.39, 0.29) is 11.3 Å². The summed E-state index contributed by atoms with van der Waals surface area (Å²) in [7, 11) is 0. The summed E-state index contributed by atoms with van der Waals surface area (Å²) in [5.74, 6) is 0. The van der Waals surface area contributed by atoms with Crippen LogP contribution in [0.1, 0.15) is 29.7 Å². The van der Waals surface area contributed by atoms with Gasteiger partial charge in [-0.25, -0.2) is 0 Å². The Hall–Kier alpha value is -0.960. The van der Waals surface area contributed by atoms with E-state index in [1.807, 2.05) is 30.0 Å². The van der Waals surface area contributed by atoms with E-state index in [0.717, 1.165) is 11.4 Å². The summed E-state index contributed by atoms with van der Waals surface area (Å²) >= 11 is 7.92. The van der Waals surface area contributed by atoms with Crippen molar-refractivity contribution >= 4 is 23.4 Å². The van der Waals surface area contributed by atoms with Crippen molar-refractivity contribution in [2.45, 2.75) is 36.5 Å². The molecule has 106 valence electrons. The van der Waals surface area contributed by atoms with E-state index in [4.69, 9.17) is 17.3 Å². The van der Waals surface area contributed by atoms with Crippen LogP contribution in [0.4, 0.5) is 0 Å². The van der Waals surface area contributed by atoms with Crippen molar-refractivity contribution in [3.63, 3.8) is 0 Å². The average Bonchev–Trinajstić information content (AvgIpc) is 2.46. The molecule has 2 unspecified atom stereocenters. The number of hydrogen-bond donors (Lipinski definition) is 1. The molecular weight excluding hydrogens is 286 g/mol. The first kappa shape index (κ1) is 15.4. The van der Waals surface area contributed by atoms with Gasteiger partial charge in [0.15, 0.2) is 0 Å². The van der Waals surface area contributed by atoms with Gasteiger partial charge in [0.25, 0.3) is 0 Å². The second-order valence-corrected chi connectivity index (χ2v) is 6.63. The maximum atomic E-state index is 6.31. The Kier molecular flexibility index (Phi) is 5.53. The lowest BCUT2D eigenvalue weighted by Gasteiger charge is -2.23. The molecule has 0 radical (unpaired) electrons. The Labute approximate surface area is 130 Å². The van der Waals surface area contributed by atoms with Crippen LogP contribution in [-0.4, -0.2) is 6.04 Å². The zero-order chi connectivity index (χ0) is 14.5. The summed E-state index contributed by atoms with van der Waals surface area (Å²) in [5, 5.41) is 0.988. The predicted octanol–water partition coefficient (Wildman–Crippen LogP) is 5.22. The molecule has 0 saturated heterocycles. The van der Waals surface area contributed by atoms with Gasteiger partial charge in [-0.1, -0.05) is 48.4 Å². The van der Waals surface area contributed by atoms with E-state index < -0.39 is 0 Å². The average molecular weight is 306 g/mol. The van der Waals surface area contributed by atoms with E-state index in [1.165, 1.54) is 16.0 Å². The van der Waals surface area contributed by atoms with E-state index in [9.17, 15) is 0 Å². The molecule has 0 fully saturated rings. The summed E-state index contributed by atoms with van der Waals surface area (Å²) in [6, 6.07) is 16.7. The molecular formula is C17H20ClNS. The van der Waals surface area contributed by atoms with Crippen LogP contribution in [0.3, 0.4) is 0 Å². The monoisotopic (exact) mass is 305 g/mol. The summed E-state index contributed by atoms with van der Waals surface area (Å²) in [6.07, 6.45) is 0.941. The molecule has 0 spiro atoms. The highest BCUT2D eigenvalue weighted by molar-refractivity contribution is 7.99. The lowest BCUT2D eigenvalue weighted by molar-refractivity contribution is 0.634. The van der Waals surface area contributed by atoms with Gasteiger partial charge in [0.1, 0.15) is 0 Å². The molecule has 0 aromatic heterocycles. The number of rotatable bonds is 5. The molecule has 0 aliphatic carbocycles. The number of nitrogens with two attached hydrogens (primary N) is 1. The zero-order valence-electron chi connectivity index (χ0n) is 11.8. The third kappa shape index (κ3) is 4.02. The van der Waals surface area contributed by atoms with E-state index in [2.05, 4.69) is 44.2 Å². The first-order valence-corrected chi connectivity index (χ1v) is 8.10. The molecule has 2 aromatic carbocycles. The lowest BCUT2D eigenvalue weighted by atomic mass is 10.0. The molecule has 2 atom stereocenters. The van der Waals surface area contributed by atoms with Gasteiger partial charge in [-0.15, -0.1) is 11.8 Å². The highest BCUT2D eigenvalue weighted by Gasteiger charge is 2.20. The van der Waals surface area contributed by atoms with Crippen molar-refractivity contribution in [2.75, 3.05) is 0 Å². The molecule has 2 aromatic rings. The highest BCUT2D eigenvalue weighted by atomic mass is 35.5. The second-order valence-electron chi connectivity index (χ2n) is 4.98. The number of halogens is 1. The summed E-state index contributed by atoms with van der Waals surface area (Å²) in [4.78, 5) is 1.24. The molecule has 0 aliphatic heterocycles. The van der Waals surface area contributed by atoms with Gasteiger partial charge < -0.3 is 5.73 Å². The predicted molar refractivity (Wildman–Crippen MR) is 89.5 cm³/mol. The maximum Gasteiger partial charge on any atom is 0.0495 e. The van der Waals surface area contributed by atoms with Gasteiger partial charge >= 0.3 is 0 Å². The fraction of sp³-hybridized carbons (Fsp3) is 0.294. The van der Waals surface area contributed by atoms with Crippen LogP contribution in [0.25, 0.3) is 0 Å². The summed E-state index contributed by atoms with van der Waals surface area (Å²) in [6.45, 7) is 4.22. The molecule has 20 heavy (non-hydrogen) atoms. The van der Waals surface area contributed by atoms with E-state index in [1.54, 1.807) is 0 Å². The Morgan fingerprint density at radius 3 is 2.45 bits per heavy atom. The SMILES string of the molecule is CCC(N)C(Sc1ccc(C)cc1)c1cccc(Cl)c1. The van der Waals surface area contributed by atoms with Crippen LogP contribution in [0.5, 0.6) is 0 Å². The van der Waals surface area contributed by atoms with Gasteiger partial charge in [-0.05, 0) is 43.2 Å². The first-order chi connectivity index (χ1) is 9.60. The van der Waals surface area contributed by atoms with E-state index >= 15 is 0 Å². The minimum Gasteiger partial charge on any atom is -0.326 e. The van der Waals surface area contributed by atoms with Crippen molar-refractivity contribution in [3.05, 3.63) is 64.7 Å². The highest BCUT2D eigenvalue weighted by Crippen LogP contribution is 2.38. The topological polar surface area (TPSA) is 26.0 Å². The number of thioether (sulfide) groups is 1. The maximum absolute atomic E-state index is 6.31. The van der Waals surface area contributed by atoms with Gasteiger partial charge in [-0.3, -0.25) is 0 Å². The Morgan fingerprint density at radius 2 is 1.85 bits per heavy atom. The van der Waals surface area contributed by atoms with Crippen LogP contribution < -0.4 is 5.73 Å². The fourth-order valence-corrected chi connectivity index (χ4v) is 3.50. The van der Waals surface area contributed by atoms with Crippen molar-refractivity contribution in [1.29, 1.82) is 0 Å². The van der Waals surface area contributed by atoms with Crippen molar-refractivity contribution in [3.8, 4) is 0 Å². The van der Waals surface area contributed by atoms with Crippen LogP contribution >= 0.6 is 23.4 Å². The smallest absolute Gasteiger partial charge is 0.0495 e. The first-order valence-electron chi connectivity index (χ1n) is 6.84. The number of hydrogen-bond acceptors (Lipinski definition) is 2. The Balaban J connectivity index is 2.26. The van der Waals surface area contributed by atoms with Crippen LogP contribution in [-0.2, 0) is 0 Å². The van der Waals surface area contributed by atoms with Crippen molar-refractivity contribution in [1.82, 2.24) is 0 Å². The molecule has 0 saturated carbocycles. The third-order valence-corrected chi connectivity index (χ3v) is 4.98. The third-order valence-electron chi connectivity index (χ3n) is 3.32. The second kappa shape index (κ2) is 7.16. The summed E-state index contributed by atoms with van der Waals surface area (Å²) < 4.78 is 0. The molecule has 0 bridgehead atoms. The summed E-state index contributed by atoms with van der Waals surface area (Å²) in [5.41, 5.74) is 8.78. The van der Waals surface area contributed by atoms with Crippen molar-refractivity contribution in [2.24, 2.45) is 5.73 Å². The Bertz CT molecular complexity index is 553. The molecule has 0 amide bonds.